The zero-order chi connectivity index (χ0) is 13.0. The topological polar surface area (TPSA) is 75.1 Å². The van der Waals surface area contributed by atoms with Gasteiger partial charge < -0.3 is 10.4 Å². The molecule has 94 valence electrons. The van der Waals surface area contributed by atoms with Crippen LogP contribution in [0, 0.1) is 25.7 Å². The van der Waals surface area contributed by atoms with Crippen LogP contribution in [0.2, 0.25) is 0 Å². The van der Waals surface area contributed by atoms with Crippen molar-refractivity contribution in [2.45, 2.75) is 27.7 Å². The van der Waals surface area contributed by atoms with Gasteiger partial charge in [-0.1, -0.05) is 13.8 Å². The Morgan fingerprint density at radius 1 is 1.47 bits per heavy atom. The summed E-state index contributed by atoms with van der Waals surface area (Å²) >= 11 is 0. The molecule has 5 heteroatoms. The molecular formula is C12H19N3O2. The molecule has 0 radical (unpaired) electrons. The fraction of sp³-hybridized carbons (Fsp3) is 0.583. The van der Waals surface area contributed by atoms with Crippen LogP contribution in [-0.4, -0.2) is 27.6 Å². The second-order valence-electron chi connectivity index (χ2n) is 4.52. The van der Waals surface area contributed by atoms with Gasteiger partial charge >= 0.3 is 5.97 Å². The average Bonchev–Trinajstić information content (AvgIpc) is 2.22. The number of aromatic nitrogens is 2. The van der Waals surface area contributed by atoms with Crippen LogP contribution in [0.3, 0.4) is 0 Å². The summed E-state index contributed by atoms with van der Waals surface area (Å²) in [6, 6.07) is 0. The second kappa shape index (κ2) is 5.61. The fourth-order valence-electron chi connectivity index (χ4n) is 1.52. The summed E-state index contributed by atoms with van der Waals surface area (Å²) in [5.74, 6) is -0.461. The Kier molecular flexibility index (Phi) is 4.43. The van der Waals surface area contributed by atoms with Crippen LogP contribution in [0.25, 0.3) is 0 Å². The molecule has 1 rings (SSSR count). The third-order valence-electron chi connectivity index (χ3n) is 2.69. The molecule has 1 unspecified atom stereocenters. The molecule has 0 spiro atoms. The monoisotopic (exact) mass is 237 g/mol. The maximum Gasteiger partial charge on any atom is 0.308 e. The van der Waals surface area contributed by atoms with E-state index in [-0.39, 0.29) is 5.92 Å². The van der Waals surface area contributed by atoms with E-state index in [9.17, 15) is 4.79 Å². The van der Waals surface area contributed by atoms with Gasteiger partial charge in [0.15, 0.2) is 0 Å². The molecule has 0 aliphatic carbocycles. The molecule has 1 heterocycles. The standard InChI is InChI=1S/C12H19N3O2/c1-7(2)10(12(16)17)6-14-11-9(4)13-5-8(3)15-11/h5,7,10H,6H2,1-4H3,(H,14,15)(H,16,17). The number of aryl methyl sites for hydroxylation is 2. The Morgan fingerprint density at radius 2 is 2.12 bits per heavy atom. The lowest BCUT2D eigenvalue weighted by molar-refractivity contribution is -0.142. The number of carbonyl (C=O) groups is 1. The van der Waals surface area contributed by atoms with Crippen molar-refractivity contribution in [2.24, 2.45) is 11.8 Å². The molecule has 5 nitrogen and oxygen atoms in total. The summed E-state index contributed by atoms with van der Waals surface area (Å²) in [6.45, 7) is 7.87. The predicted molar refractivity (Wildman–Crippen MR) is 66.0 cm³/mol. The van der Waals surface area contributed by atoms with Crippen LogP contribution >= 0.6 is 0 Å². The zero-order valence-corrected chi connectivity index (χ0v) is 10.7. The molecule has 0 fully saturated rings. The summed E-state index contributed by atoms with van der Waals surface area (Å²) in [7, 11) is 0. The Bertz CT molecular complexity index is 405. The summed E-state index contributed by atoms with van der Waals surface area (Å²) in [4.78, 5) is 19.5. The predicted octanol–water partition coefficient (Wildman–Crippen LogP) is 1.86. The molecule has 1 aromatic heterocycles. The molecule has 1 atom stereocenters. The van der Waals surface area contributed by atoms with Gasteiger partial charge in [0, 0.05) is 12.7 Å². The highest BCUT2D eigenvalue weighted by Crippen LogP contribution is 2.14. The van der Waals surface area contributed by atoms with Gasteiger partial charge in [0.05, 0.1) is 17.3 Å². The summed E-state index contributed by atoms with van der Waals surface area (Å²) in [6.07, 6.45) is 1.69. The van der Waals surface area contributed by atoms with E-state index in [1.165, 1.54) is 0 Å². The Balaban J connectivity index is 2.72. The Morgan fingerprint density at radius 3 is 2.65 bits per heavy atom. The molecule has 0 aliphatic heterocycles. The molecule has 0 amide bonds. The quantitative estimate of drug-likeness (QED) is 0.817. The van der Waals surface area contributed by atoms with Gasteiger partial charge in [-0.05, 0) is 19.8 Å². The highest BCUT2D eigenvalue weighted by atomic mass is 16.4. The van der Waals surface area contributed by atoms with Crippen molar-refractivity contribution in [3.8, 4) is 0 Å². The van der Waals surface area contributed by atoms with Crippen molar-refractivity contribution >= 4 is 11.8 Å². The molecule has 0 aliphatic rings. The summed E-state index contributed by atoms with van der Waals surface area (Å²) in [5.41, 5.74) is 1.60. The number of carboxylic acid groups (broad SMARTS) is 1. The van der Waals surface area contributed by atoms with Gasteiger partial charge in [-0.3, -0.25) is 9.78 Å². The molecule has 0 saturated heterocycles. The maximum atomic E-state index is 11.0. The maximum absolute atomic E-state index is 11.0. The Labute approximate surface area is 101 Å². The van der Waals surface area contributed by atoms with E-state index in [2.05, 4.69) is 15.3 Å². The minimum Gasteiger partial charge on any atom is -0.481 e. The molecular weight excluding hydrogens is 218 g/mol. The summed E-state index contributed by atoms with van der Waals surface area (Å²) in [5, 5.41) is 12.1. The summed E-state index contributed by atoms with van der Waals surface area (Å²) < 4.78 is 0. The van der Waals surface area contributed by atoms with Crippen molar-refractivity contribution in [2.75, 3.05) is 11.9 Å². The smallest absolute Gasteiger partial charge is 0.308 e. The molecule has 0 bridgehead atoms. The molecule has 0 aromatic carbocycles. The largest absolute Gasteiger partial charge is 0.481 e. The third-order valence-corrected chi connectivity index (χ3v) is 2.69. The lowest BCUT2D eigenvalue weighted by atomic mass is 9.96. The van der Waals surface area contributed by atoms with Crippen LogP contribution in [0.1, 0.15) is 25.2 Å². The van der Waals surface area contributed by atoms with Crippen molar-refractivity contribution in [3.63, 3.8) is 0 Å². The normalized spacial score (nSPS) is 12.5. The fourth-order valence-corrected chi connectivity index (χ4v) is 1.52. The molecule has 2 N–H and O–H groups in total. The number of rotatable bonds is 5. The number of carboxylic acids is 1. The van der Waals surface area contributed by atoms with E-state index in [1.807, 2.05) is 27.7 Å². The number of aliphatic carboxylic acids is 1. The van der Waals surface area contributed by atoms with E-state index in [0.29, 0.717) is 12.4 Å². The van der Waals surface area contributed by atoms with Gasteiger partial charge in [-0.25, -0.2) is 4.98 Å². The first-order valence-electron chi connectivity index (χ1n) is 5.68. The molecule has 0 saturated carbocycles. The lowest BCUT2D eigenvalue weighted by Gasteiger charge is -2.17. The van der Waals surface area contributed by atoms with Crippen molar-refractivity contribution in [3.05, 3.63) is 17.6 Å². The number of anilines is 1. The number of hydrogen-bond acceptors (Lipinski definition) is 4. The minimum absolute atomic E-state index is 0.0816. The highest BCUT2D eigenvalue weighted by Gasteiger charge is 2.21. The minimum atomic E-state index is -0.786. The number of hydrogen-bond donors (Lipinski definition) is 2. The second-order valence-corrected chi connectivity index (χ2v) is 4.52. The van der Waals surface area contributed by atoms with E-state index in [0.717, 1.165) is 11.4 Å². The van der Waals surface area contributed by atoms with Crippen LogP contribution in [-0.2, 0) is 4.79 Å². The first-order chi connectivity index (χ1) is 7.91. The van der Waals surface area contributed by atoms with Crippen molar-refractivity contribution < 1.29 is 9.90 Å². The first-order valence-corrected chi connectivity index (χ1v) is 5.68. The van der Waals surface area contributed by atoms with Crippen molar-refractivity contribution in [1.82, 2.24) is 9.97 Å². The van der Waals surface area contributed by atoms with Gasteiger partial charge in [0.25, 0.3) is 0 Å². The van der Waals surface area contributed by atoms with E-state index >= 15 is 0 Å². The van der Waals surface area contributed by atoms with Gasteiger partial charge in [-0.2, -0.15) is 0 Å². The van der Waals surface area contributed by atoms with Gasteiger partial charge in [-0.15, -0.1) is 0 Å². The zero-order valence-electron chi connectivity index (χ0n) is 10.7. The van der Waals surface area contributed by atoms with E-state index < -0.39 is 11.9 Å². The number of nitrogens with one attached hydrogen (secondary N) is 1. The van der Waals surface area contributed by atoms with Gasteiger partial charge in [0.2, 0.25) is 0 Å². The lowest BCUT2D eigenvalue weighted by Crippen LogP contribution is -2.28. The van der Waals surface area contributed by atoms with Crippen LogP contribution in [0.5, 0.6) is 0 Å². The molecule has 1 aromatic rings. The SMILES string of the molecule is Cc1cnc(C)c(NCC(C(=O)O)C(C)C)n1. The van der Waals surface area contributed by atoms with E-state index in [4.69, 9.17) is 5.11 Å². The van der Waals surface area contributed by atoms with Crippen molar-refractivity contribution in [1.29, 1.82) is 0 Å². The average molecular weight is 237 g/mol. The van der Waals surface area contributed by atoms with E-state index in [1.54, 1.807) is 6.20 Å². The first kappa shape index (κ1) is 13.4. The third kappa shape index (κ3) is 3.69. The molecule has 17 heavy (non-hydrogen) atoms. The van der Waals surface area contributed by atoms with Crippen LogP contribution < -0.4 is 5.32 Å². The number of nitrogens with zero attached hydrogens (tertiary/aromatic N) is 2. The Hall–Kier alpha value is -1.65. The van der Waals surface area contributed by atoms with Crippen LogP contribution in [0.15, 0.2) is 6.20 Å². The van der Waals surface area contributed by atoms with Crippen LogP contribution in [0.4, 0.5) is 5.82 Å². The highest BCUT2D eigenvalue weighted by molar-refractivity contribution is 5.71. The van der Waals surface area contributed by atoms with Gasteiger partial charge in [0.1, 0.15) is 5.82 Å².